The molecule has 0 saturated carbocycles. The summed E-state index contributed by atoms with van der Waals surface area (Å²) in [6.45, 7) is 8.00. The first-order valence-corrected chi connectivity index (χ1v) is 5.45. The minimum Gasteiger partial charge on any atom is -0.387 e. The number of aliphatic hydroxyl groups excluding tert-OH is 1. The SMILES string of the molecule is Cc1cc(C(O)C(C)(C)C)sc1Cl. The van der Waals surface area contributed by atoms with Crippen LogP contribution < -0.4 is 0 Å². The molecule has 0 radical (unpaired) electrons. The predicted molar refractivity (Wildman–Crippen MR) is 58.5 cm³/mol. The molecule has 0 bridgehead atoms. The molecule has 13 heavy (non-hydrogen) atoms. The van der Waals surface area contributed by atoms with Gasteiger partial charge in [0.25, 0.3) is 0 Å². The van der Waals surface area contributed by atoms with Crippen molar-refractivity contribution in [3.05, 3.63) is 20.8 Å². The van der Waals surface area contributed by atoms with Crippen LogP contribution in [0, 0.1) is 12.3 Å². The lowest BCUT2D eigenvalue weighted by atomic mass is 9.88. The molecular formula is C10H15ClOS. The number of thiophene rings is 1. The van der Waals surface area contributed by atoms with Crippen LogP contribution in [0.4, 0.5) is 0 Å². The third-order valence-corrected chi connectivity index (χ3v) is 3.57. The molecule has 1 atom stereocenters. The maximum Gasteiger partial charge on any atom is 0.0961 e. The normalized spacial score (nSPS) is 14.6. The van der Waals surface area contributed by atoms with Crippen molar-refractivity contribution >= 4 is 22.9 Å². The van der Waals surface area contributed by atoms with Crippen LogP contribution in [0.5, 0.6) is 0 Å². The Kier molecular flexibility index (Phi) is 3.05. The molecule has 0 aliphatic heterocycles. The molecule has 0 spiro atoms. The molecule has 0 aromatic carbocycles. The van der Waals surface area contributed by atoms with E-state index < -0.39 is 6.10 Å². The molecule has 3 heteroatoms. The molecule has 1 N–H and O–H groups in total. The van der Waals surface area contributed by atoms with Gasteiger partial charge in [0.1, 0.15) is 0 Å². The molecule has 1 rings (SSSR count). The lowest BCUT2D eigenvalue weighted by molar-refractivity contribution is 0.0658. The maximum absolute atomic E-state index is 9.95. The van der Waals surface area contributed by atoms with E-state index in [1.54, 1.807) is 0 Å². The van der Waals surface area contributed by atoms with Crippen LogP contribution in [0.25, 0.3) is 0 Å². The van der Waals surface area contributed by atoms with E-state index in [9.17, 15) is 5.11 Å². The third-order valence-electron chi connectivity index (χ3n) is 1.97. The fraction of sp³-hybridized carbons (Fsp3) is 0.600. The molecule has 0 saturated heterocycles. The van der Waals surface area contributed by atoms with Gasteiger partial charge in [-0.1, -0.05) is 32.4 Å². The Morgan fingerprint density at radius 3 is 2.31 bits per heavy atom. The highest BCUT2D eigenvalue weighted by molar-refractivity contribution is 7.16. The van der Waals surface area contributed by atoms with Crippen LogP contribution >= 0.6 is 22.9 Å². The number of aliphatic hydroxyl groups is 1. The maximum atomic E-state index is 9.95. The Balaban J connectivity index is 2.96. The Morgan fingerprint density at radius 2 is 2.00 bits per heavy atom. The van der Waals surface area contributed by atoms with Crippen molar-refractivity contribution in [2.75, 3.05) is 0 Å². The summed E-state index contributed by atoms with van der Waals surface area (Å²) in [5.41, 5.74) is 0.922. The van der Waals surface area contributed by atoms with E-state index in [-0.39, 0.29) is 5.41 Å². The number of aryl methyl sites for hydroxylation is 1. The highest BCUT2D eigenvalue weighted by atomic mass is 35.5. The second kappa shape index (κ2) is 3.60. The molecule has 1 aromatic rings. The van der Waals surface area contributed by atoms with Gasteiger partial charge in [-0.15, -0.1) is 11.3 Å². The molecule has 0 aliphatic carbocycles. The van der Waals surface area contributed by atoms with Crippen LogP contribution in [-0.2, 0) is 0 Å². The number of rotatable bonds is 1. The van der Waals surface area contributed by atoms with Crippen molar-refractivity contribution in [3.63, 3.8) is 0 Å². The van der Waals surface area contributed by atoms with E-state index in [4.69, 9.17) is 11.6 Å². The molecule has 1 heterocycles. The molecular weight excluding hydrogens is 204 g/mol. The van der Waals surface area contributed by atoms with Gasteiger partial charge in [-0.05, 0) is 24.0 Å². The fourth-order valence-corrected chi connectivity index (χ4v) is 2.49. The van der Waals surface area contributed by atoms with Gasteiger partial charge in [0.15, 0.2) is 0 Å². The van der Waals surface area contributed by atoms with Gasteiger partial charge >= 0.3 is 0 Å². The van der Waals surface area contributed by atoms with Gasteiger partial charge in [0.2, 0.25) is 0 Å². The van der Waals surface area contributed by atoms with Crippen LogP contribution in [0.2, 0.25) is 4.34 Å². The summed E-state index contributed by atoms with van der Waals surface area (Å²) in [5, 5.41) is 9.95. The van der Waals surface area contributed by atoms with Gasteiger partial charge in [0.05, 0.1) is 10.4 Å². The van der Waals surface area contributed by atoms with Crippen molar-refractivity contribution in [1.82, 2.24) is 0 Å². The minimum absolute atomic E-state index is 0.124. The first-order valence-electron chi connectivity index (χ1n) is 4.26. The van der Waals surface area contributed by atoms with E-state index in [2.05, 4.69) is 0 Å². The summed E-state index contributed by atoms with van der Waals surface area (Å²) in [4.78, 5) is 0.954. The summed E-state index contributed by atoms with van der Waals surface area (Å²) in [7, 11) is 0. The van der Waals surface area contributed by atoms with Crippen LogP contribution in [0.1, 0.15) is 37.3 Å². The van der Waals surface area contributed by atoms with E-state index in [0.717, 1.165) is 14.8 Å². The predicted octanol–water partition coefficient (Wildman–Crippen LogP) is 3.79. The van der Waals surface area contributed by atoms with Gasteiger partial charge in [-0.3, -0.25) is 0 Å². The van der Waals surface area contributed by atoms with E-state index in [1.165, 1.54) is 11.3 Å². The molecule has 1 aromatic heterocycles. The third kappa shape index (κ3) is 2.46. The fourth-order valence-electron chi connectivity index (χ4n) is 1.05. The zero-order chi connectivity index (χ0) is 10.2. The summed E-state index contributed by atoms with van der Waals surface area (Å²) in [5.74, 6) is 0. The topological polar surface area (TPSA) is 20.2 Å². The zero-order valence-electron chi connectivity index (χ0n) is 8.39. The smallest absolute Gasteiger partial charge is 0.0961 e. The molecule has 74 valence electrons. The largest absolute Gasteiger partial charge is 0.387 e. The standard InChI is InChI=1S/C10H15ClOS/c1-6-5-7(13-9(6)11)8(12)10(2,3)4/h5,8,12H,1-4H3. The quantitative estimate of drug-likeness (QED) is 0.761. The lowest BCUT2D eigenvalue weighted by Crippen LogP contribution is -2.16. The highest BCUT2D eigenvalue weighted by Gasteiger charge is 2.25. The summed E-state index contributed by atoms with van der Waals surface area (Å²) in [6, 6.07) is 1.96. The molecule has 0 fully saturated rings. The molecule has 0 amide bonds. The second-order valence-corrected chi connectivity index (χ2v) is 6.06. The van der Waals surface area contributed by atoms with E-state index in [1.807, 2.05) is 33.8 Å². The summed E-state index contributed by atoms with van der Waals surface area (Å²) in [6.07, 6.45) is -0.427. The van der Waals surface area contributed by atoms with Gasteiger partial charge in [0, 0.05) is 4.88 Å². The highest BCUT2D eigenvalue weighted by Crippen LogP contribution is 2.39. The van der Waals surface area contributed by atoms with Crippen LogP contribution in [0.3, 0.4) is 0 Å². The monoisotopic (exact) mass is 218 g/mol. The Bertz CT molecular complexity index is 279. The van der Waals surface area contributed by atoms with E-state index in [0.29, 0.717) is 0 Å². The summed E-state index contributed by atoms with van der Waals surface area (Å²) < 4.78 is 0.776. The van der Waals surface area contributed by atoms with Crippen molar-refractivity contribution in [2.24, 2.45) is 5.41 Å². The minimum atomic E-state index is -0.427. The van der Waals surface area contributed by atoms with E-state index >= 15 is 0 Å². The second-order valence-electron chi connectivity index (χ2n) is 4.37. The Hall–Kier alpha value is -0.0500. The molecule has 0 aliphatic rings. The lowest BCUT2D eigenvalue weighted by Gasteiger charge is -2.24. The summed E-state index contributed by atoms with van der Waals surface area (Å²) >= 11 is 7.40. The Morgan fingerprint density at radius 1 is 1.46 bits per heavy atom. The average Bonchev–Trinajstić information content (AvgIpc) is 2.29. The van der Waals surface area contributed by atoms with Crippen LogP contribution in [-0.4, -0.2) is 5.11 Å². The molecule has 1 unspecified atom stereocenters. The molecule has 1 nitrogen and oxygen atoms in total. The van der Waals surface area contributed by atoms with Crippen molar-refractivity contribution in [3.8, 4) is 0 Å². The number of halogens is 1. The first-order chi connectivity index (χ1) is 5.82. The van der Waals surface area contributed by atoms with Crippen molar-refractivity contribution in [1.29, 1.82) is 0 Å². The van der Waals surface area contributed by atoms with Crippen LogP contribution in [0.15, 0.2) is 6.07 Å². The van der Waals surface area contributed by atoms with Gasteiger partial charge < -0.3 is 5.11 Å². The zero-order valence-corrected chi connectivity index (χ0v) is 9.96. The average molecular weight is 219 g/mol. The van der Waals surface area contributed by atoms with Crippen molar-refractivity contribution in [2.45, 2.75) is 33.8 Å². The number of hydrogen-bond donors (Lipinski definition) is 1. The Labute approximate surface area is 88.4 Å². The van der Waals surface area contributed by atoms with Gasteiger partial charge in [-0.25, -0.2) is 0 Å². The van der Waals surface area contributed by atoms with Gasteiger partial charge in [-0.2, -0.15) is 0 Å². The first kappa shape index (κ1) is 11.0. The van der Waals surface area contributed by atoms with Crippen molar-refractivity contribution < 1.29 is 5.11 Å². The number of hydrogen-bond acceptors (Lipinski definition) is 2.